The maximum absolute atomic E-state index is 5.78. The third-order valence-electron chi connectivity index (χ3n) is 3.57. The van der Waals surface area contributed by atoms with Crippen LogP contribution in [-0.2, 0) is 4.74 Å². The summed E-state index contributed by atoms with van der Waals surface area (Å²) in [5, 5.41) is 3.27. The van der Waals surface area contributed by atoms with Crippen LogP contribution in [0.1, 0.15) is 33.6 Å². The second-order valence-electron chi connectivity index (χ2n) is 4.97. The van der Waals surface area contributed by atoms with Crippen molar-refractivity contribution in [3.63, 3.8) is 0 Å². The van der Waals surface area contributed by atoms with Crippen molar-refractivity contribution >= 4 is 17.8 Å². The number of nitrogens with one attached hydrogen (secondary N) is 1. The van der Waals surface area contributed by atoms with Gasteiger partial charge in [0.15, 0.2) is 0 Å². The van der Waals surface area contributed by atoms with Gasteiger partial charge in [0.1, 0.15) is 0 Å². The molecule has 0 amide bonds. The molecule has 0 bridgehead atoms. The second-order valence-corrected chi connectivity index (χ2v) is 4.97. The zero-order chi connectivity index (χ0) is 14.5. The van der Waals surface area contributed by atoms with Crippen LogP contribution in [0.2, 0.25) is 0 Å². The Morgan fingerprint density at radius 1 is 1.35 bits per heavy atom. The molecule has 0 spiro atoms. The van der Waals surface area contributed by atoms with E-state index in [1.807, 2.05) is 4.90 Å². The van der Waals surface area contributed by atoms with Gasteiger partial charge < -0.3 is 20.7 Å². The molecule has 2 rings (SSSR count). The van der Waals surface area contributed by atoms with Crippen LogP contribution in [0.4, 0.5) is 17.8 Å². The summed E-state index contributed by atoms with van der Waals surface area (Å²) in [5.74, 6) is 1.37. The molecular weight excluding hydrogens is 256 g/mol. The van der Waals surface area contributed by atoms with E-state index >= 15 is 0 Å². The van der Waals surface area contributed by atoms with E-state index in [1.165, 1.54) is 0 Å². The monoisotopic (exact) mass is 280 g/mol. The number of hydrogen-bond acceptors (Lipinski definition) is 7. The molecule has 0 aromatic carbocycles. The van der Waals surface area contributed by atoms with Crippen LogP contribution in [0, 0.1) is 0 Å². The molecule has 7 heteroatoms. The highest BCUT2D eigenvalue weighted by Crippen LogP contribution is 2.19. The number of nitrogens with zero attached hydrogens (tertiary/aromatic N) is 4. The van der Waals surface area contributed by atoms with Gasteiger partial charge in [0.25, 0.3) is 0 Å². The molecule has 1 aliphatic rings. The highest BCUT2D eigenvalue weighted by molar-refractivity contribution is 5.42. The van der Waals surface area contributed by atoms with Crippen molar-refractivity contribution in [2.75, 3.05) is 35.6 Å². The molecule has 0 aliphatic carbocycles. The van der Waals surface area contributed by atoms with E-state index in [0.717, 1.165) is 32.5 Å². The van der Waals surface area contributed by atoms with Gasteiger partial charge in [-0.3, -0.25) is 0 Å². The molecule has 112 valence electrons. The molecule has 2 atom stereocenters. The van der Waals surface area contributed by atoms with Crippen LogP contribution in [0.25, 0.3) is 0 Å². The van der Waals surface area contributed by atoms with Crippen molar-refractivity contribution in [3.05, 3.63) is 0 Å². The largest absolute Gasteiger partial charge is 0.376 e. The molecular formula is C13H24N6O. The average Bonchev–Trinajstić information content (AvgIpc) is 2.93. The summed E-state index contributed by atoms with van der Waals surface area (Å²) >= 11 is 0. The number of hydrogen-bond donors (Lipinski definition) is 2. The summed E-state index contributed by atoms with van der Waals surface area (Å²) in [4.78, 5) is 14.8. The molecule has 1 fully saturated rings. The fourth-order valence-electron chi connectivity index (χ4n) is 2.39. The molecule has 7 nitrogen and oxygen atoms in total. The van der Waals surface area contributed by atoms with Gasteiger partial charge in [-0.25, -0.2) is 0 Å². The first-order valence-corrected chi connectivity index (χ1v) is 7.28. The number of anilines is 3. The van der Waals surface area contributed by atoms with E-state index in [9.17, 15) is 0 Å². The molecule has 2 unspecified atom stereocenters. The first kappa shape index (κ1) is 14.8. The molecule has 3 N–H and O–H groups in total. The summed E-state index contributed by atoms with van der Waals surface area (Å²) in [6, 6.07) is 0.156. The van der Waals surface area contributed by atoms with Crippen LogP contribution < -0.4 is 16.0 Å². The lowest BCUT2D eigenvalue weighted by Gasteiger charge is -2.22. The zero-order valence-corrected chi connectivity index (χ0v) is 12.5. The van der Waals surface area contributed by atoms with Gasteiger partial charge in [-0.05, 0) is 33.6 Å². The van der Waals surface area contributed by atoms with Crippen molar-refractivity contribution in [1.82, 2.24) is 15.0 Å². The normalized spacial score (nSPS) is 19.9. The third kappa shape index (κ3) is 3.47. The van der Waals surface area contributed by atoms with E-state index in [0.29, 0.717) is 11.9 Å². The maximum atomic E-state index is 5.78. The highest BCUT2D eigenvalue weighted by atomic mass is 16.5. The Morgan fingerprint density at radius 3 is 2.70 bits per heavy atom. The quantitative estimate of drug-likeness (QED) is 0.811. The van der Waals surface area contributed by atoms with Gasteiger partial charge in [-0.1, -0.05) is 0 Å². The lowest BCUT2D eigenvalue weighted by atomic mass is 10.1. The van der Waals surface area contributed by atoms with E-state index in [2.05, 4.69) is 41.0 Å². The number of aromatic nitrogens is 3. The minimum atomic E-state index is 0.156. The zero-order valence-electron chi connectivity index (χ0n) is 12.5. The molecule has 1 aromatic rings. The lowest BCUT2D eigenvalue weighted by molar-refractivity contribution is 0.0994. The van der Waals surface area contributed by atoms with Gasteiger partial charge in [-0.2, -0.15) is 15.0 Å². The molecule has 20 heavy (non-hydrogen) atoms. The predicted molar refractivity (Wildman–Crippen MR) is 79.9 cm³/mol. The summed E-state index contributed by atoms with van der Waals surface area (Å²) < 4.78 is 5.66. The van der Waals surface area contributed by atoms with Crippen molar-refractivity contribution in [3.8, 4) is 0 Å². The highest BCUT2D eigenvalue weighted by Gasteiger charge is 2.23. The molecule has 0 radical (unpaired) electrons. The predicted octanol–water partition coefficient (Wildman–Crippen LogP) is 1.28. The molecule has 1 aliphatic heterocycles. The summed E-state index contributed by atoms with van der Waals surface area (Å²) in [5.41, 5.74) is 5.78. The van der Waals surface area contributed by atoms with E-state index in [1.54, 1.807) is 0 Å². The second kappa shape index (κ2) is 6.69. The smallest absolute Gasteiger partial charge is 0.231 e. The minimum absolute atomic E-state index is 0.156. The first-order valence-electron chi connectivity index (χ1n) is 7.28. The van der Waals surface area contributed by atoms with Crippen molar-refractivity contribution < 1.29 is 4.74 Å². The Balaban J connectivity index is 2.10. The van der Waals surface area contributed by atoms with Crippen LogP contribution in [0.5, 0.6) is 0 Å². The lowest BCUT2D eigenvalue weighted by Crippen LogP contribution is -2.32. The van der Waals surface area contributed by atoms with Gasteiger partial charge >= 0.3 is 0 Å². The van der Waals surface area contributed by atoms with E-state index in [4.69, 9.17) is 10.5 Å². The van der Waals surface area contributed by atoms with Gasteiger partial charge in [0, 0.05) is 19.7 Å². The Labute approximate surface area is 119 Å². The Morgan fingerprint density at radius 2 is 2.10 bits per heavy atom. The topological polar surface area (TPSA) is 89.2 Å². The van der Waals surface area contributed by atoms with Crippen molar-refractivity contribution in [2.45, 2.75) is 45.8 Å². The minimum Gasteiger partial charge on any atom is -0.376 e. The number of nitrogens with two attached hydrogens (primary N) is 1. The summed E-state index contributed by atoms with van der Waals surface area (Å²) in [6.07, 6.45) is 2.39. The molecule has 2 heterocycles. The molecule has 1 saturated heterocycles. The number of nitrogen functional groups attached to an aromatic ring is 1. The van der Waals surface area contributed by atoms with Crippen LogP contribution in [0.15, 0.2) is 0 Å². The average molecular weight is 280 g/mol. The molecule has 0 saturated carbocycles. The van der Waals surface area contributed by atoms with Crippen LogP contribution in [-0.4, -0.2) is 46.8 Å². The fraction of sp³-hybridized carbons (Fsp3) is 0.769. The van der Waals surface area contributed by atoms with E-state index < -0.39 is 0 Å². The van der Waals surface area contributed by atoms with Gasteiger partial charge in [0.05, 0.1) is 12.1 Å². The summed E-state index contributed by atoms with van der Waals surface area (Å²) in [7, 11) is 0. The summed E-state index contributed by atoms with van der Waals surface area (Å²) in [6.45, 7) is 8.70. The Kier molecular flexibility index (Phi) is 4.94. The Bertz CT molecular complexity index is 431. The molecule has 1 aromatic heterocycles. The first-order chi connectivity index (χ1) is 9.63. The Hall–Kier alpha value is -1.63. The van der Waals surface area contributed by atoms with Crippen molar-refractivity contribution in [2.24, 2.45) is 0 Å². The van der Waals surface area contributed by atoms with E-state index in [-0.39, 0.29) is 18.1 Å². The van der Waals surface area contributed by atoms with Crippen LogP contribution >= 0.6 is 0 Å². The SMILES string of the molecule is CCN(CC)c1nc(N)nc(NC(C)C2CCCO2)n1. The number of ether oxygens (including phenoxy) is 1. The van der Waals surface area contributed by atoms with Gasteiger partial charge in [0.2, 0.25) is 17.8 Å². The number of rotatable bonds is 6. The third-order valence-corrected chi connectivity index (χ3v) is 3.57. The van der Waals surface area contributed by atoms with Gasteiger partial charge in [-0.15, -0.1) is 0 Å². The van der Waals surface area contributed by atoms with Crippen LogP contribution in [0.3, 0.4) is 0 Å². The standard InChI is InChI=1S/C13H24N6O/c1-4-19(5-2)13-17-11(14)16-12(18-13)15-9(3)10-7-6-8-20-10/h9-10H,4-8H2,1-3H3,(H3,14,15,16,17,18). The maximum Gasteiger partial charge on any atom is 0.231 e. The fourth-order valence-corrected chi connectivity index (χ4v) is 2.39. The van der Waals surface area contributed by atoms with Crippen molar-refractivity contribution in [1.29, 1.82) is 0 Å².